The Kier molecular flexibility index (Phi) is 8.71. The highest BCUT2D eigenvalue weighted by Crippen LogP contribution is 2.29. The van der Waals surface area contributed by atoms with E-state index in [0.717, 1.165) is 32.1 Å². The van der Waals surface area contributed by atoms with Crippen molar-refractivity contribution in [3.8, 4) is 5.75 Å². The minimum atomic E-state index is -3.56. The van der Waals surface area contributed by atoms with Gasteiger partial charge in [-0.15, -0.1) is 0 Å². The van der Waals surface area contributed by atoms with Gasteiger partial charge in [-0.05, 0) is 37.3 Å². The summed E-state index contributed by atoms with van der Waals surface area (Å²) in [7, 11) is -3.56. The van der Waals surface area contributed by atoms with Crippen LogP contribution in [0.25, 0.3) is 0 Å². The van der Waals surface area contributed by atoms with Crippen LogP contribution in [0.3, 0.4) is 0 Å². The Morgan fingerprint density at radius 1 is 1.15 bits per heavy atom. The second kappa shape index (κ2) is 10.5. The number of sulfonamides is 1. The molecule has 0 aliphatic heterocycles. The third-order valence-corrected chi connectivity index (χ3v) is 6.94. The molecule has 0 heterocycles. The number of ether oxygens (including phenoxy) is 1. The van der Waals surface area contributed by atoms with Gasteiger partial charge < -0.3 is 4.74 Å². The second-order valence-corrected chi connectivity index (χ2v) is 9.47. The van der Waals surface area contributed by atoms with Crippen LogP contribution in [0, 0.1) is 5.92 Å². The molecule has 1 fully saturated rings. The lowest BCUT2D eigenvalue weighted by atomic mass is 9.87. The molecule has 1 aliphatic rings. The summed E-state index contributed by atoms with van der Waals surface area (Å²) < 4.78 is 34.1. The first-order valence-electron chi connectivity index (χ1n) is 9.88. The van der Waals surface area contributed by atoms with Gasteiger partial charge >= 0.3 is 0 Å². The molecule has 1 saturated carbocycles. The largest absolute Gasteiger partial charge is 0.492 e. The summed E-state index contributed by atoms with van der Waals surface area (Å²) in [5.41, 5.74) is 0. The van der Waals surface area contributed by atoms with E-state index in [-0.39, 0.29) is 10.9 Å². The molecule has 148 valence electrons. The quantitative estimate of drug-likeness (QED) is 0.523. The highest BCUT2D eigenvalue weighted by Gasteiger charge is 2.27. The van der Waals surface area contributed by atoms with Gasteiger partial charge in [0, 0.05) is 12.1 Å². The molecule has 1 N–H and O–H groups in total. The lowest BCUT2D eigenvalue weighted by Gasteiger charge is -2.29. The maximum atomic E-state index is 12.7. The van der Waals surface area contributed by atoms with E-state index in [4.69, 9.17) is 16.3 Å². The Morgan fingerprint density at radius 2 is 1.88 bits per heavy atom. The normalized spacial score (nSPS) is 20.9. The summed E-state index contributed by atoms with van der Waals surface area (Å²) in [5.74, 6) is 0.811. The van der Waals surface area contributed by atoms with E-state index in [0.29, 0.717) is 23.3 Å². The summed E-state index contributed by atoms with van der Waals surface area (Å²) in [6.07, 6.45) is 9.93. The first-order valence-corrected chi connectivity index (χ1v) is 11.7. The molecule has 0 radical (unpaired) electrons. The smallest absolute Gasteiger partial charge is 0.240 e. The molecule has 0 amide bonds. The van der Waals surface area contributed by atoms with Crippen molar-refractivity contribution in [3.63, 3.8) is 0 Å². The van der Waals surface area contributed by atoms with Crippen LogP contribution >= 0.6 is 11.6 Å². The number of nitrogens with one attached hydrogen (secondary N) is 1. The molecule has 6 heteroatoms. The maximum Gasteiger partial charge on any atom is 0.240 e. The summed E-state index contributed by atoms with van der Waals surface area (Å²) in [6, 6.07) is 4.70. The molecule has 26 heavy (non-hydrogen) atoms. The average Bonchev–Trinajstić information content (AvgIpc) is 2.61. The highest BCUT2D eigenvalue weighted by atomic mass is 35.5. The van der Waals surface area contributed by atoms with Gasteiger partial charge in [-0.3, -0.25) is 0 Å². The molecule has 1 aromatic rings. The van der Waals surface area contributed by atoms with Crippen LogP contribution in [0.15, 0.2) is 23.1 Å². The summed E-state index contributed by atoms with van der Waals surface area (Å²) in [4.78, 5) is 0.223. The standard InChI is InChI=1S/C20H32ClNO3S/c1-3-4-5-6-9-14-25-20-15-17(12-13-18(20)21)26(23,24)22-19-11-8-7-10-16(19)2/h12-13,15-16,19,22H,3-11,14H2,1-2H3/t16-,19-/m0/s1. The van der Waals surface area contributed by atoms with Crippen molar-refractivity contribution in [1.29, 1.82) is 0 Å². The fraction of sp³-hybridized carbons (Fsp3) is 0.700. The van der Waals surface area contributed by atoms with Crippen molar-refractivity contribution >= 4 is 21.6 Å². The molecule has 2 rings (SSSR count). The summed E-state index contributed by atoms with van der Waals surface area (Å²) in [5, 5.41) is 0.448. The first-order chi connectivity index (χ1) is 12.4. The Balaban J connectivity index is 1.98. The molecule has 1 aliphatic carbocycles. The third-order valence-electron chi connectivity index (χ3n) is 5.14. The third kappa shape index (κ3) is 6.43. The van der Waals surface area contributed by atoms with E-state index in [1.807, 2.05) is 0 Å². The minimum Gasteiger partial charge on any atom is -0.492 e. The monoisotopic (exact) mass is 401 g/mol. The van der Waals surface area contributed by atoms with Crippen molar-refractivity contribution in [2.45, 2.75) is 82.6 Å². The summed E-state index contributed by atoms with van der Waals surface area (Å²) in [6.45, 7) is 4.85. The van der Waals surface area contributed by atoms with Gasteiger partial charge in [0.25, 0.3) is 0 Å². The van der Waals surface area contributed by atoms with Crippen LogP contribution in [0.4, 0.5) is 0 Å². The zero-order chi connectivity index (χ0) is 19.0. The van der Waals surface area contributed by atoms with Gasteiger partial charge in [0.15, 0.2) is 0 Å². The molecule has 1 aromatic carbocycles. The van der Waals surface area contributed by atoms with Crippen LogP contribution in [-0.4, -0.2) is 21.1 Å². The van der Waals surface area contributed by atoms with Crippen molar-refractivity contribution in [2.75, 3.05) is 6.61 Å². The van der Waals surface area contributed by atoms with Crippen molar-refractivity contribution in [1.82, 2.24) is 4.72 Å². The van der Waals surface area contributed by atoms with Crippen LogP contribution < -0.4 is 9.46 Å². The number of rotatable bonds is 10. The Hall–Kier alpha value is -0.780. The lowest BCUT2D eigenvalue weighted by Crippen LogP contribution is -2.40. The number of unbranched alkanes of at least 4 members (excludes halogenated alkanes) is 4. The number of hydrogen-bond donors (Lipinski definition) is 1. The average molecular weight is 402 g/mol. The minimum absolute atomic E-state index is 0.00682. The van der Waals surface area contributed by atoms with Crippen LogP contribution in [0.2, 0.25) is 5.02 Å². The molecule has 2 atom stereocenters. The molecule has 0 spiro atoms. The highest BCUT2D eigenvalue weighted by molar-refractivity contribution is 7.89. The van der Waals surface area contributed by atoms with E-state index >= 15 is 0 Å². The lowest BCUT2D eigenvalue weighted by molar-refractivity contribution is 0.303. The van der Waals surface area contributed by atoms with E-state index in [9.17, 15) is 8.42 Å². The van der Waals surface area contributed by atoms with Gasteiger partial charge in [-0.25, -0.2) is 13.1 Å². The fourth-order valence-corrected chi connectivity index (χ4v) is 4.97. The van der Waals surface area contributed by atoms with E-state index in [2.05, 4.69) is 18.6 Å². The van der Waals surface area contributed by atoms with Gasteiger partial charge in [0.2, 0.25) is 10.0 Å². The van der Waals surface area contributed by atoms with Gasteiger partial charge in [0.05, 0.1) is 16.5 Å². The van der Waals surface area contributed by atoms with E-state index in [1.54, 1.807) is 18.2 Å². The topological polar surface area (TPSA) is 55.4 Å². The Labute approximate surface area is 163 Å². The Bertz CT molecular complexity index is 663. The maximum absolute atomic E-state index is 12.7. The zero-order valence-electron chi connectivity index (χ0n) is 16.0. The first kappa shape index (κ1) is 21.5. The van der Waals surface area contributed by atoms with Crippen LogP contribution in [0.5, 0.6) is 5.75 Å². The number of hydrogen-bond acceptors (Lipinski definition) is 3. The zero-order valence-corrected chi connectivity index (χ0v) is 17.5. The van der Waals surface area contributed by atoms with Gasteiger partial charge in [0.1, 0.15) is 5.75 Å². The molecular weight excluding hydrogens is 370 g/mol. The van der Waals surface area contributed by atoms with E-state index < -0.39 is 10.0 Å². The van der Waals surface area contributed by atoms with Crippen molar-refractivity contribution in [2.24, 2.45) is 5.92 Å². The number of halogens is 1. The predicted octanol–water partition coefficient (Wildman–Crippen LogP) is 5.55. The van der Waals surface area contributed by atoms with Gasteiger partial charge in [-0.1, -0.05) is 64.0 Å². The van der Waals surface area contributed by atoms with Crippen molar-refractivity contribution in [3.05, 3.63) is 23.2 Å². The molecular formula is C20H32ClNO3S. The molecule has 4 nitrogen and oxygen atoms in total. The van der Waals surface area contributed by atoms with Crippen LogP contribution in [-0.2, 0) is 10.0 Å². The number of benzene rings is 1. The second-order valence-electron chi connectivity index (χ2n) is 7.34. The van der Waals surface area contributed by atoms with Crippen molar-refractivity contribution < 1.29 is 13.2 Å². The van der Waals surface area contributed by atoms with Gasteiger partial charge in [-0.2, -0.15) is 0 Å². The summed E-state index contributed by atoms with van der Waals surface area (Å²) >= 11 is 6.18. The Morgan fingerprint density at radius 3 is 2.62 bits per heavy atom. The van der Waals surface area contributed by atoms with E-state index in [1.165, 1.54) is 25.7 Å². The SMILES string of the molecule is CCCCCCCOc1cc(S(=O)(=O)N[C@H]2CCCC[C@@H]2C)ccc1Cl. The molecule has 0 bridgehead atoms. The fourth-order valence-electron chi connectivity index (χ4n) is 3.41. The molecule has 0 unspecified atom stereocenters. The molecule has 0 saturated heterocycles. The molecule has 0 aromatic heterocycles. The predicted molar refractivity (Wildman–Crippen MR) is 107 cm³/mol. The van der Waals surface area contributed by atoms with Crippen LogP contribution in [0.1, 0.15) is 71.6 Å².